The van der Waals surface area contributed by atoms with Crippen LogP contribution in [0, 0.1) is 0 Å². The second kappa shape index (κ2) is 25.6. The number of carbonyl (C=O) groups is 2. The Balaban J connectivity index is 0.870. The van der Waals surface area contributed by atoms with E-state index in [1.165, 1.54) is 0 Å². The fraction of sp³-hybridized carbons (Fsp3) is 0.255. The van der Waals surface area contributed by atoms with Crippen molar-refractivity contribution in [3.8, 4) is 23.0 Å². The Kier molecular flexibility index (Phi) is 18.7. The highest BCUT2D eigenvalue weighted by Crippen LogP contribution is 2.27. The number of ether oxygens (including phenoxy) is 8. The fourth-order valence-electron chi connectivity index (χ4n) is 6.02. The summed E-state index contributed by atoms with van der Waals surface area (Å²) in [5, 5.41) is 0. The van der Waals surface area contributed by atoms with E-state index in [4.69, 9.17) is 37.9 Å². The molecule has 6 aromatic rings. The summed E-state index contributed by atoms with van der Waals surface area (Å²) in [4.78, 5) is 23.9. The third-order valence-electron chi connectivity index (χ3n) is 9.18. The predicted molar refractivity (Wildman–Crippen MR) is 239 cm³/mol. The topological polar surface area (TPSA) is 108 Å². The van der Waals surface area contributed by atoms with Crippen molar-refractivity contribution in [3.05, 3.63) is 191 Å². The quantitative estimate of drug-likeness (QED) is 0.0226. The number of halogens is 1. The summed E-state index contributed by atoms with van der Waals surface area (Å²) >= 11 is 3.11. The van der Waals surface area contributed by atoms with Gasteiger partial charge in [-0.2, -0.15) is 0 Å². The SMILES string of the molecule is O=C(OCCCOCc1cc(OCc2ccccc2)cc(OCc2ccccc2)c1)C(Br)C(=O)OCCCOCc1cc(OCc2ccccc2)cc(OCc2ccccc2)c1. The van der Waals surface area contributed by atoms with Crippen LogP contribution in [0.1, 0.15) is 46.2 Å². The van der Waals surface area contributed by atoms with E-state index >= 15 is 0 Å². The number of rotatable bonds is 26. The molecule has 6 rings (SSSR count). The van der Waals surface area contributed by atoms with E-state index in [0.717, 1.165) is 33.4 Å². The summed E-state index contributed by atoms with van der Waals surface area (Å²) in [6, 6.07) is 51.2. The molecule has 0 saturated heterocycles. The molecule has 0 fully saturated rings. The van der Waals surface area contributed by atoms with E-state index in [1.807, 2.05) is 158 Å². The van der Waals surface area contributed by atoms with E-state index in [-0.39, 0.29) is 13.2 Å². The van der Waals surface area contributed by atoms with Gasteiger partial charge in [0.1, 0.15) is 49.4 Å². The fourth-order valence-corrected chi connectivity index (χ4v) is 6.28. The molecule has 0 heterocycles. The molecule has 0 unspecified atom stereocenters. The van der Waals surface area contributed by atoms with E-state index in [1.54, 1.807) is 0 Å². The number of esters is 2. The molecule has 0 N–H and O–H groups in total. The molecule has 10 nitrogen and oxygen atoms in total. The lowest BCUT2D eigenvalue weighted by Crippen LogP contribution is -2.29. The lowest BCUT2D eigenvalue weighted by molar-refractivity contribution is -0.153. The van der Waals surface area contributed by atoms with Gasteiger partial charge in [-0.05, 0) is 57.6 Å². The molecular weight excluding hydrogens is 852 g/mol. The van der Waals surface area contributed by atoms with Crippen molar-refractivity contribution < 1.29 is 47.5 Å². The smallest absolute Gasteiger partial charge is 0.331 e. The van der Waals surface area contributed by atoms with Gasteiger partial charge in [0.25, 0.3) is 0 Å². The molecule has 0 aliphatic rings. The van der Waals surface area contributed by atoms with Crippen LogP contribution in [0.2, 0.25) is 0 Å². The summed E-state index contributed by atoms with van der Waals surface area (Å²) in [5.74, 6) is 1.21. The van der Waals surface area contributed by atoms with Crippen molar-refractivity contribution in [2.45, 2.75) is 57.3 Å². The molecule has 0 aliphatic heterocycles. The van der Waals surface area contributed by atoms with Crippen LogP contribution in [0.3, 0.4) is 0 Å². The summed E-state index contributed by atoms with van der Waals surface area (Å²) in [6.07, 6.45) is 0.865. The molecular formula is C51H51BrO10. The molecule has 0 aliphatic carbocycles. The van der Waals surface area contributed by atoms with E-state index < -0.39 is 16.8 Å². The summed E-state index contributed by atoms with van der Waals surface area (Å²) in [6.45, 7) is 3.07. The van der Waals surface area contributed by atoms with Gasteiger partial charge in [-0.1, -0.05) is 137 Å². The molecule has 322 valence electrons. The van der Waals surface area contributed by atoms with Crippen LogP contribution in [0.4, 0.5) is 0 Å². The minimum Gasteiger partial charge on any atom is -0.489 e. The molecule has 0 aromatic heterocycles. The maximum atomic E-state index is 12.6. The van der Waals surface area contributed by atoms with Crippen LogP contribution in [-0.4, -0.2) is 43.2 Å². The van der Waals surface area contributed by atoms with Crippen LogP contribution < -0.4 is 18.9 Å². The first-order chi connectivity index (χ1) is 30.5. The van der Waals surface area contributed by atoms with Crippen molar-refractivity contribution >= 4 is 27.9 Å². The number of benzene rings is 6. The van der Waals surface area contributed by atoms with Crippen molar-refractivity contribution in [1.82, 2.24) is 0 Å². The molecule has 62 heavy (non-hydrogen) atoms. The Labute approximate surface area is 371 Å². The van der Waals surface area contributed by atoms with Gasteiger partial charge in [-0.15, -0.1) is 0 Å². The lowest BCUT2D eigenvalue weighted by atomic mass is 10.2. The van der Waals surface area contributed by atoms with E-state index in [0.29, 0.717) is 88.7 Å². The number of hydrogen-bond acceptors (Lipinski definition) is 10. The second-order valence-electron chi connectivity index (χ2n) is 14.2. The molecule has 0 amide bonds. The molecule has 0 bridgehead atoms. The van der Waals surface area contributed by atoms with Crippen molar-refractivity contribution in [2.75, 3.05) is 26.4 Å². The highest BCUT2D eigenvalue weighted by Gasteiger charge is 2.26. The van der Waals surface area contributed by atoms with Crippen molar-refractivity contribution in [3.63, 3.8) is 0 Å². The van der Waals surface area contributed by atoms with E-state index in [9.17, 15) is 9.59 Å². The zero-order valence-corrected chi connectivity index (χ0v) is 36.1. The monoisotopic (exact) mass is 902 g/mol. The Morgan fingerprint density at radius 3 is 0.952 bits per heavy atom. The first-order valence-corrected chi connectivity index (χ1v) is 21.5. The molecule has 0 atom stereocenters. The number of carbonyl (C=O) groups excluding carboxylic acids is 2. The number of alkyl halides is 1. The summed E-state index contributed by atoms with van der Waals surface area (Å²) in [7, 11) is 0. The van der Waals surface area contributed by atoms with Crippen LogP contribution in [0.5, 0.6) is 23.0 Å². The first-order valence-electron chi connectivity index (χ1n) is 20.5. The summed E-state index contributed by atoms with van der Waals surface area (Å²) < 4.78 is 46.8. The third kappa shape index (κ3) is 16.4. The summed E-state index contributed by atoms with van der Waals surface area (Å²) in [5.41, 5.74) is 5.97. The number of hydrogen-bond donors (Lipinski definition) is 0. The Hall–Kier alpha value is -6.14. The van der Waals surface area contributed by atoms with Crippen molar-refractivity contribution in [2.24, 2.45) is 0 Å². The average Bonchev–Trinajstić information content (AvgIpc) is 3.32. The Bertz CT molecular complexity index is 1940. The Morgan fingerprint density at radius 1 is 0.371 bits per heavy atom. The van der Waals surface area contributed by atoms with Crippen LogP contribution in [-0.2, 0) is 68.2 Å². The van der Waals surface area contributed by atoms with Gasteiger partial charge in [0, 0.05) is 25.0 Å². The highest BCUT2D eigenvalue weighted by molar-refractivity contribution is 9.10. The molecule has 11 heteroatoms. The molecule has 6 aromatic carbocycles. The van der Waals surface area contributed by atoms with Gasteiger partial charge in [0.05, 0.1) is 39.6 Å². The van der Waals surface area contributed by atoms with Gasteiger partial charge in [-0.3, -0.25) is 9.59 Å². The van der Waals surface area contributed by atoms with E-state index in [2.05, 4.69) is 15.9 Å². The molecule has 0 saturated carbocycles. The Morgan fingerprint density at radius 2 is 0.661 bits per heavy atom. The largest absolute Gasteiger partial charge is 0.489 e. The van der Waals surface area contributed by atoms with Crippen LogP contribution in [0.25, 0.3) is 0 Å². The normalized spacial score (nSPS) is 10.9. The van der Waals surface area contributed by atoms with Crippen LogP contribution in [0.15, 0.2) is 158 Å². The third-order valence-corrected chi connectivity index (χ3v) is 9.93. The van der Waals surface area contributed by atoms with Gasteiger partial charge < -0.3 is 37.9 Å². The van der Waals surface area contributed by atoms with Gasteiger partial charge in [0.15, 0.2) is 0 Å². The minimum atomic E-state index is -1.25. The zero-order valence-electron chi connectivity index (χ0n) is 34.5. The first kappa shape index (κ1) is 45.4. The van der Waals surface area contributed by atoms with Gasteiger partial charge in [0.2, 0.25) is 4.83 Å². The molecule has 0 radical (unpaired) electrons. The maximum Gasteiger partial charge on any atom is 0.331 e. The minimum absolute atomic E-state index is 0.0746. The maximum absolute atomic E-state index is 12.6. The lowest BCUT2D eigenvalue weighted by Gasteiger charge is -2.14. The van der Waals surface area contributed by atoms with Gasteiger partial charge in [-0.25, -0.2) is 0 Å². The van der Waals surface area contributed by atoms with Crippen molar-refractivity contribution in [1.29, 1.82) is 0 Å². The predicted octanol–water partition coefficient (Wildman–Crippen LogP) is 10.4. The zero-order chi connectivity index (χ0) is 43.0. The molecule has 0 spiro atoms. The van der Waals surface area contributed by atoms with Crippen LogP contribution >= 0.6 is 15.9 Å². The van der Waals surface area contributed by atoms with Gasteiger partial charge >= 0.3 is 11.9 Å². The standard InChI is InChI=1S/C51H51BrO10/c52-49(50(53)57-25-13-23-55-33-43-27-45(59-35-39-15-5-1-6-16-39)31-46(28-43)60-36-40-17-7-2-8-18-40)51(54)58-26-14-24-56-34-44-29-47(61-37-41-19-9-3-10-20-41)32-48(30-44)62-38-42-21-11-4-12-22-42/h1-12,15-22,27-32,49H,13-14,23-26,33-38H2. The highest BCUT2D eigenvalue weighted by atomic mass is 79.9. The average molecular weight is 904 g/mol. The second-order valence-corrected chi connectivity index (χ2v) is 15.1.